The lowest BCUT2D eigenvalue weighted by Crippen LogP contribution is -2.42. The van der Waals surface area contributed by atoms with Crippen molar-refractivity contribution < 1.29 is 19.4 Å². The molecule has 0 spiro atoms. The second kappa shape index (κ2) is 4.44. The fourth-order valence-corrected chi connectivity index (χ4v) is 1.84. The molecule has 1 fully saturated rings. The number of aliphatic carboxylic acids is 1. The molecule has 1 rings (SSSR count). The quantitative estimate of drug-likeness (QED) is 0.595. The van der Waals surface area contributed by atoms with E-state index in [1.54, 1.807) is 0 Å². The Kier molecular flexibility index (Phi) is 3.61. The molecule has 1 aliphatic rings. The van der Waals surface area contributed by atoms with Gasteiger partial charge in [-0.05, 0) is 46.5 Å². The third-order valence-corrected chi connectivity index (χ3v) is 3.30. The molecule has 0 heterocycles. The molecule has 0 radical (unpaired) electrons. The number of hydrogen-bond acceptors (Lipinski definition) is 3. The van der Waals surface area contributed by atoms with Gasteiger partial charge in [0.25, 0.3) is 0 Å². The van der Waals surface area contributed by atoms with Crippen molar-refractivity contribution in [2.75, 3.05) is 0 Å². The summed E-state index contributed by atoms with van der Waals surface area (Å²) in [6, 6.07) is 0. The highest BCUT2D eigenvalue weighted by atomic mass is 16.6. The fraction of sp³-hybridized carbons (Fsp3) is 0.833. The zero-order valence-corrected chi connectivity index (χ0v) is 10.2. The first-order valence-electron chi connectivity index (χ1n) is 5.75. The van der Waals surface area contributed by atoms with Crippen LogP contribution >= 0.6 is 0 Å². The number of hydrogen-bond donors (Lipinski definition) is 1. The minimum atomic E-state index is -1.46. The van der Waals surface area contributed by atoms with E-state index in [2.05, 4.69) is 0 Å². The Morgan fingerprint density at radius 1 is 1.19 bits per heavy atom. The predicted octanol–water partition coefficient (Wildman–Crippen LogP) is 2.36. The van der Waals surface area contributed by atoms with Crippen LogP contribution in [-0.4, -0.2) is 22.6 Å². The first-order valence-corrected chi connectivity index (χ1v) is 5.75. The van der Waals surface area contributed by atoms with Gasteiger partial charge in [0.2, 0.25) is 0 Å². The maximum atomic E-state index is 11.8. The molecular formula is C12H20O4. The average molecular weight is 228 g/mol. The standard InChI is InChI=1S/C12H20O4/c1-11(2,9(13)14)10(15)16-12(3)7-5-4-6-8-12/h4-8H2,1-3H3,(H,13,14). The van der Waals surface area contributed by atoms with Crippen molar-refractivity contribution in [3.8, 4) is 0 Å². The number of ether oxygens (including phenoxy) is 1. The van der Waals surface area contributed by atoms with E-state index in [4.69, 9.17) is 9.84 Å². The summed E-state index contributed by atoms with van der Waals surface area (Å²) in [6.45, 7) is 4.65. The summed E-state index contributed by atoms with van der Waals surface area (Å²) in [5.41, 5.74) is -1.93. The van der Waals surface area contributed by atoms with Gasteiger partial charge in [-0.2, -0.15) is 0 Å². The van der Waals surface area contributed by atoms with Crippen LogP contribution in [0.15, 0.2) is 0 Å². The van der Waals surface area contributed by atoms with Gasteiger partial charge < -0.3 is 9.84 Å². The van der Waals surface area contributed by atoms with E-state index in [9.17, 15) is 9.59 Å². The van der Waals surface area contributed by atoms with E-state index < -0.39 is 23.0 Å². The summed E-state index contributed by atoms with van der Waals surface area (Å²) in [7, 11) is 0. The van der Waals surface area contributed by atoms with E-state index in [-0.39, 0.29) is 0 Å². The van der Waals surface area contributed by atoms with E-state index >= 15 is 0 Å². The molecule has 0 bridgehead atoms. The van der Waals surface area contributed by atoms with Gasteiger partial charge in [0, 0.05) is 0 Å². The molecule has 4 nitrogen and oxygen atoms in total. The monoisotopic (exact) mass is 228 g/mol. The fourth-order valence-electron chi connectivity index (χ4n) is 1.84. The Bertz CT molecular complexity index is 287. The van der Waals surface area contributed by atoms with Crippen LogP contribution in [0.2, 0.25) is 0 Å². The predicted molar refractivity (Wildman–Crippen MR) is 59.0 cm³/mol. The van der Waals surface area contributed by atoms with E-state index in [0.717, 1.165) is 32.1 Å². The molecule has 0 aromatic heterocycles. The van der Waals surface area contributed by atoms with Crippen molar-refractivity contribution >= 4 is 11.9 Å². The zero-order chi connectivity index (χ0) is 12.4. The molecule has 92 valence electrons. The van der Waals surface area contributed by atoms with Crippen molar-refractivity contribution in [2.45, 2.75) is 58.5 Å². The normalized spacial score (nSPS) is 20.2. The Balaban J connectivity index is 2.66. The number of esters is 1. The Labute approximate surface area is 96.0 Å². The second-order valence-electron chi connectivity index (χ2n) is 5.33. The van der Waals surface area contributed by atoms with Crippen molar-refractivity contribution in [1.29, 1.82) is 0 Å². The van der Waals surface area contributed by atoms with Crippen LogP contribution in [0, 0.1) is 5.41 Å². The third-order valence-electron chi connectivity index (χ3n) is 3.30. The minimum absolute atomic E-state index is 0.470. The number of carboxylic acid groups (broad SMARTS) is 1. The largest absolute Gasteiger partial charge is 0.480 e. The molecule has 1 aliphatic carbocycles. The smallest absolute Gasteiger partial charge is 0.323 e. The Hall–Kier alpha value is -1.06. The van der Waals surface area contributed by atoms with Gasteiger partial charge in [0.15, 0.2) is 5.41 Å². The summed E-state index contributed by atoms with van der Waals surface area (Å²) in [4.78, 5) is 22.7. The van der Waals surface area contributed by atoms with E-state index in [0.29, 0.717) is 0 Å². The molecule has 0 atom stereocenters. The van der Waals surface area contributed by atoms with Crippen LogP contribution < -0.4 is 0 Å². The van der Waals surface area contributed by atoms with Gasteiger partial charge in [0.05, 0.1) is 0 Å². The molecule has 0 amide bonds. The molecule has 0 aromatic rings. The molecule has 0 aliphatic heterocycles. The number of rotatable bonds is 3. The lowest BCUT2D eigenvalue weighted by molar-refractivity contribution is -0.178. The molecule has 0 unspecified atom stereocenters. The first-order chi connectivity index (χ1) is 7.28. The highest BCUT2D eigenvalue weighted by Gasteiger charge is 2.42. The number of carbonyl (C=O) groups excluding carboxylic acids is 1. The average Bonchev–Trinajstić information content (AvgIpc) is 2.17. The minimum Gasteiger partial charge on any atom is -0.480 e. The highest BCUT2D eigenvalue weighted by molar-refractivity contribution is 5.98. The van der Waals surface area contributed by atoms with E-state index in [1.165, 1.54) is 13.8 Å². The highest BCUT2D eigenvalue weighted by Crippen LogP contribution is 2.33. The van der Waals surface area contributed by atoms with Gasteiger partial charge >= 0.3 is 11.9 Å². The van der Waals surface area contributed by atoms with Gasteiger partial charge in [-0.1, -0.05) is 6.42 Å². The van der Waals surface area contributed by atoms with Crippen LogP contribution in [0.25, 0.3) is 0 Å². The number of carbonyl (C=O) groups is 2. The summed E-state index contributed by atoms with van der Waals surface area (Å²) in [5.74, 6) is -1.78. The van der Waals surface area contributed by atoms with Gasteiger partial charge in [-0.25, -0.2) is 0 Å². The lowest BCUT2D eigenvalue weighted by Gasteiger charge is -2.35. The van der Waals surface area contributed by atoms with Crippen molar-refractivity contribution in [3.63, 3.8) is 0 Å². The Morgan fingerprint density at radius 2 is 1.69 bits per heavy atom. The van der Waals surface area contributed by atoms with Crippen LogP contribution in [0.1, 0.15) is 52.9 Å². The van der Waals surface area contributed by atoms with Gasteiger partial charge in [0.1, 0.15) is 5.60 Å². The molecule has 0 aromatic carbocycles. The summed E-state index contributed by atoms with van der Waals surface area (Å²) >= 11 is 0. The summed E-state index contributed by atoms with van der Waals surface area (Å²) in [6.07, 6.45) is 4.90. The van der Waals surface area contributed by atoms with E-state index in [1.807, 2.05) is 6.92 Å². The van der Waals surface area contributed by atoms with Crippen molar-refractivity contribution in [1.82, 2.24) is 0 Å². The SMILES string of the molecule is CC1(OC(=O)C(C)(C)C(=O)O)CCCCC1. The maximum absolute atomic E-state index is 11.8. The van der Waals surface area contributed by atoms with Crippen LogP contribution in [0.5, 0.6) is 0 Å². The summed E-state index contributed by atoms with van der Waals surface area (Å²) in [5, 5.41) is 8.92. The van der Waals surface area contributed by atoms with Crippen LogP contribution in [0.4, 0.5) is 0 Å². The third kappa shape index (κ3) is 2.74. The van der Waals surface area contributed by atoms with Crippen LogP contribution in [-0.2, 0) is 14.3 Å². The van der Waals surface area contributed by atoms with Crippen molar-refractivity contribution in [2.24, 2.45) is 5.41 Å². The zero-order valence-electron chi connectivity index (χ0n) is 10.2. The molecule has 1 saturated carbocycles. The molecule has 16 heavy (non-hydrogen) atoms. The molecule has 1 N–H and O–H groups in total. The topological polar surface area (TPSA) is 63.6 Å². The number of carboxylic acids is 1. The second-order valence-corrected chi connectivity index (χ2v) is 5.33. The Morgan fingerprint density at radius 3 is 2.12 bits per heavy atom. The van der Waals surface area contributed by atoms with Gasteiger partial charge in [-0.15, -0.1) is 0 Å². The molecular weight excluding hydrogens is 208 g/mol. The van der Waals surface area contributed by atoms with Gasteiger partial charge in [-0.3, -0.25) is 9.59 Å². The molecule has 0 saturated heterocycles. The molecule has 4 heteroatoms. The van der Waals surface area contributed by atoms with Crippen molar-refractivity contribution in [3.05, 3.63) is 0 Å². The van der Waals surface area contributed by atoms with Crippen LogP contribution in [0.3, 0.4) is 0 Å². The first kappa shape index (κ1) is 13.0. The maximum Gasteiger partial charge on any atom is 0.323 e. The lowest BCUT2D eigenvalue weighted by atomic mass is 9.85. The summed E-state index contributed by atoms with van der Waals surface area (Å²) < 4.78 is 5.39.